The summed E-state index contributed by atoms with van der Waals surface area (Å²) in [4.78, 5) is 66.8. The van der Waals surface area contributed by atoms with Crippen LogP contribution in [0.3, 0.4) is 0 Å². The molecule has 7 rings (SSSR count). The molecule has 0 bridgehead atoms. The summed E-state index contributed by atoms with van der Waals surface area (Å²) in [6.07, 6.45) is 7.59. The van der Waals surface area contributed by atoms with Gasteiger partial charge in [0.05, 0.1) is 53.3 Å². The van der Waals surface area contributed by atoms with Crippen LogP contribution in [0.25, 0.3) is 22.9 Å². The van der Waals surface area contributed by atoms with Crippen LogP contribution in [-0.2, 0) is 49.9 Å². The lowest BCUT2D eigenvalue weighted by molar-refractivity contribution is -0.157. The summed E-state index contributed by atoms with van der Waals surface area (Å²) in [5, 5.41) is 9.01. The Balaban J connectivity index is 0.000000340. The third-order valence-electron chi connectivity index (χ3n) is 12.6. The fourth-order valence-electron chi connectivity index (χ4n) is 8.67. The largest absolute Gasteiger partial charge is 0.478 e. The zero-order valence-corrected chi connectivity index (χ0v) is 51.9. The molecule has 2 aromatic heterocycles. The second-order valence-corrected chi connectivity index (χ2v) is 27.2. The van der Waals surface area contributed by atoms with Gasteiger partial charge in [-0.2, -0.15) is 11.8 Å². The normalized spacial score (nSPS) is 17.0. The van der Waals surface area contributed by atoms with E-state index < -0.39 is 42.5 Å². The number of carboxylic acid groups (broad SMARTS) is 1. The topological polar surface area (TPSA) is 260 Å². The number of esters is 4. The number of nitrogens with zero attached hydrogens (tertiary/aromatic N) is 2. The van der Waals surface area contributed by atoms with Gasteiger partial charge in [-0.3, -0.25) is 9.59 Å². The van der Waals surface area contributed by atoms with Crippen molar-refractivity contribution in [3.05, 3.63) is 117 Å². The number of ether oxygens (including phenoxy) is 4. The molecule has 17 nitrogen and oxygen atoms in total. The molecule has 0 radical (unpaired) electrons. The number of carbonyl (C=O) groups excluding carboxylic acids is 4. The van der Waals surface area contributed by atoms with Crippen molar-refractivity contribution < 1.29 is 70.8 Å². The van der Waals surface area contributed by atoms with Crippen molar-refractivity contribution in [3.63, 3.8) is 0 Å². The van der Waals surface area contributed by atoms with Gasteiger partial charge in [0.2, 0.25) is 11.8 Å². The monoisotopic (exact) mass is 1240 g/mol. The molecule has 3 aromatic carbocycles. The maximum atomic E-state index is 13.1. The molecular formula is C58H74Cl4N2O15S2. The van der Waals surface area contributed by atoms with Crippen LogP contribution in [-0.4, -0.2) is 99.0 Å². The molecule has 0 aliphatic heterocycles. The highest BCUT2D eigenvalue weighted by molar-refractivity contribution is 7.99. The number of benzene rings is 3. The minimum Gasteiger partial charge on any atom is -0.478 e. The smallest absolute Gasteiger partial charge is 0.337 e. The molecule has 2 heterocycles. The van der Waals surface area contributed by atoms with E-state index >= 15 is 0 Å². The van der Waals surface area contributed by atoms with Crippen LogP contribution in [0, 0.1) is 25.7 Å². The molecule has 0 unspecified atom stereocenters. The number of rotatable bonds is 15. The number of aryl methyl sites for hydroxylation is 2. The molecule has 2 aliphatic carbocycles. The van der Waals surface area contributed by atoms with Gasteiger partial charge in [-0.05, 0) is 185 Å². The quantitative estimate of drug-likeness (QED) is 0.0580. The van der Waals surface area contributed by atoms with Crippen LogP contribution >= 0.6 is 58.2 Å². The van der Waals surface area contributed by atoms with E-state index in [1.165, 1.54) is 26.4 Å². The van der Waals surface area contributed by atoms with Crippen LogP contribution in [0.5, 0.6) is 0 Å². The number of halogens is 4. The summed E-state index contributed by atoms with van der Waals surface area (Å²) >= 11 is 21.9. The molecule has 2 fully saturated rings. The molecule has 23 heteroatoms. The van der Waals surface area contributed by atoms with Gasteiger partial charge in [0.15, 0.2) is 14.1 Å². The zero-order valence-electron chi connectivity index (χ0n) is 47.3. The van der Waals surface area contributed by atoms with Crippen molar-refractivity contribution in [1.29, 1.82) is 0 Å². The fraction of sp³-hybridized carbons (Fsp3) is 0.500. The first kappa shape index (κ1) is 70.1. The highest BCUT2D eigenvalue weighted by Gasteiger charge is 2.34. The summed E-state index contributed by atoms with van der Waals surface area (Å²) in [5.41, 5.74) is 3.00. The van der Waals surface area contributed by atoms with Gasteiger partial charge >= 0.3 is 29.8 Å². The summed E-state index contributed by atoms with van der Waals surface area (Å²) in [7, 11) is -0.750. The number of aromatic nitrogens is 2. The predicted octanol–water partition coefficient (Wildman–Crippen LogP) is 13.8. The third-order valence-corrected chi connectivity index (χ3v) is 16.4. The van der Waals surface area contributed by atoms with Crippen molar-refractivity contribution in [3.8, 4) is 22.9 Å². The maximum absolute atomic E-state index is 13.1. The number of hydrogen-bond donors (Lipinski definition) is 1. The van der Waals surface area contributed by atoms with Gasteiger partial charge in [-0.15, -0.1) is 0 Å². The first-order chi connectivity index (χ1) is 37.4. The highest BCUT2D eigenvalue weighted by Crippen LogP contribution is 2.37. The SMILES string of the molecule is COC(=O)c1ccc(-c2nc(CS(=O)(=O)C3CCC(CC(=O)OC(C)(C)C)CC3)c(C)o2)cc1.COC(=O)c1ccc(-c2nc(CSC3CCC(CC(=O)OC(C)(C)C)CC3)c(C)o2)cc1.ClC(Cl)Cl.O.O=C(O)c1cccc(Cl)c1. The lowest BCUT2D eigenvalue weighted by atomic mass is 9.86. The number of carboxylic acids is 1. The lowest BCUT2D eigenvalue weighted by Crippen LogP contribution is -2.30. The Kier molecular flexibility index (Phi) is 28.2. The predicted molar refractivity (Wildman–Crippen MR) is 316 cm³/mol. The second kappa shape index (κ2) is 32.6. The number of alkyl halides is 3. The number of thioether (sulfide) groups is 1. The Morgan fingerprint density at radius 1 is 0.654 bits per heavy atom. The molecule has 3 N–H and O–H groups in total. The van der Waals surface area contributed by atoms with Crippen LogP contribution in [0.2, 0.25) is 5.02 Å². The van der Waals surface area contributed by atoms with Crippen molar-refractivity contribution in [1.82, 2.24) is 9.97 Å². The van der Waals surface area contributed by atoms with Crippen LogP contribution in [0.1, 0.15) is 160 Å². The van der Waals surface area contributed by atoms with Gasteiger partial charge in [-0.1, -0.05) is 52.5 Å². The molecule has 0 amide bonds. The van der Waals surface area contributed by atoms with Gasteiger partial charge in [0.25, 0.3) is 0 Å². The zero-order chi connectivity index (χ0) is 59.5. The number of oxazole rings is 2. The van der Waals surface area contributed by atoms with E-state index in [4.69, 9.17) is 79.3 Å². The Hall–Kier alpha value is -5.15. The Labute approximate surface area is 499 Å². The summed E-state index contributed by atoms with van der Waals surface area (Å²) in [6, 6.07) is 19.8. The third kappa shape index (κ3) is 24.7. The van der Waals surface area contributed by atoms with Gasteiger partial charge in [0, 0.05) is 40.0 Å². The molecule has 0 atom stereocenters. The Bertz CT molecular complexity index is 2930. The standard InChI is InChI=1S/C25H33NO7S.C25H33NO5S.C7H5ClO2.CHCl3.H2O/c1-16-21(26-23(32-16)18-8-10-19(11-9-18)24(28)31-5)15-34(29,30)20-12-6-17(7-13-20)14-22(27)33-25(2,3)4;1-16-21(26-23(30-16)18-8-10-19(11-9-18)24(28)29-5)15-32-20-12-6-17(7-13-20)14-22(27)31-25(2,3)4;8-6-3-1-2-5(4-6)7(9)10;2-1(3)4;/h8-11,17,20H,6-7,12-15H2,1-5H3;8-11,17,20H,6-7,12-15H2,1-5H3;1-4H,(H,9,10);1H;1H2. The van der Waals surface area contributed by atoms with E-state index in [2.05, 4.69) is 9.97 Å². The van der Waals surface area contributed by atoms with Gasteiger partial charge in [-0.25, -0.2) is 32.8 Å². The molecule has 2 aliphatic rings. The number of hydrogen-bond acceptors (Lipinski definition) is 16. The van der Waals surface area contributed by atoms with E-state index in [1.807, 2.05) is 72.4 Å². The van der Waals surface area contributed by atoms with Crippen molar-refractivity contribution in [2.75, 3.05) is 14.2 Å². The van der Waals surface area contributed by atoms with Crippen molar-refractivity contribution in [2.45, 2.75) is 157 Å². The number of sulfone groups is 1. The van der Waals surface area contributed by atoms with E-state index in [9.17, 15) is 32.4 Å². The fourth-order valence-corrected chi connectivity index (χ4v) is 12.0. The molecular weight excluding hydrogens is 1170 g/mol. The second-order valence-electron chi connectivity index (χ2n) is 21.2. The minimum absolute atomic E-state index is 0. The van der Waals surface area contributed by atoms with Gasteiger partial charge < -0.3 is 38.4 Å². The summed E-state index contributed by atoms with van der Waals surface area (Å²) in [6.45, 7) is 14.9. The van der Waals surface area contributed by atoms with Crippen LogP contribution < -0.4 is 0 Å². The molecule has 446 valence electrons. The molecule has 81 heavy (non-hydrogen) atoms. The maximum Gasteiger partial charge on any atom is 0.337 e. The molecule has 5 aromatic rings. The highest BCUT2D eigenvalue weighted by atomic mass is 35.6. The first-order valence-electron chi connectivity index (χ1n) is 25.9. The number of methoxy groups -OCH3 is 2. The average molecular weight is 1250 g/mol. The van der Waals surface area contributed by atoms with Crippen molar-refractivity contribution in [2.24, 2.45) is 11.8 Å². The Morgan fingerprint density at radius 2 is 1.06 bits per heavy atom. The van der Waals surface area contributed by atoms with E-state index in [1.54, 1.807) is 55.5 Å². The molecule has 2 saturated carbocycles. The van der Waals surface area contributed by atoms with E-state index in [-0.39, 0.29) is 40.6 Å². The van der Waals surface area contributed by atoms with Crippen LogP contribution in [0.4, 0.5) is 0 Å². The molecule has 0 spiro atoms. The Morgan fingerprint density at radius 3 is 1.44 bits per heavy atom. The first-order valence-corrected chi connectivity index (χ1v) is 30.4. The average Bonchev–Trinajstić information content (AvgIpc) is 4.03. The van der Waals surface area contributed by atoms with Gasteiger partial charge in [0.1, 0.15) is 22.7 Å². The lowest BCUT2D eigenvalue weighted by Gasteiger charge is -2.28. The summed E-state index contributed by atoms with van der Waals surface area (Å²) in [5.74, 6) is 1.25. The summed E-state index contributed by atoms with van der Waals surface area (Å²) < 4.78 is 57.3. The van der Waals surface area contributed by atoms with Crippen LogP contribution in [0.15, 0.2) is 81.6 Å². The minimum atomic E-state index is -3.43. The van der Waals surface area contributed by atoms with E-state index in [0.717, 1.165) is 48.5 Å². The van der Waals surface area contributed by atoms with E-state index in [0.29, 0.717) is 94.6 Å². The van der Waals surface area contributed by atoms with Crippen molar-refractivity contribution >= 4 is 97.8 Å². The number of carbonyl (C=O) groups is 5. The number of aromatic carboxylic acids is 1. The molecule has 0 saturated heterocycles.